The minimum Gasteiger partial charge on any atom is -0.465 e. The normalized spacial score (nSPS) is 14.2. The van der Waals surface area contributed by atoms with Gasteiger partial charge in [-0.1, -0.05) is 115 Å². The average Bonchev–Trinajstić information content (AvgIpc) is 3.16. The van der Waals surface area contributed by atoms with Crippen LogP contribution in [0.5, 0.6) is 0 Å². The van der Waals surface area contributed by atoms with Gasteiger partial charge in [-0.2, -0.15) is 0 Å². The van der Waals surface area contributed by atoms with E-state index in [0.717, 1.165) is 22.3 Å². The minimum absolute atomic E-state index is 0.00867. The van der Waals surface area contributed by atoms with Gasteiger partial charge in [0.2, 0.25) is 17.7 Å². The van der Waals surface area contributed by atoms with Crippen molar-refractivity contribution in [2.75, 3.05) is 13.1 Å². The van der Waals surface area contributed by atoms with Gasteiger partial charge in [-0.3, -0.25) is 19.2 Å². The van der Waals surface area contributed by atoms with Gasteiger partial charge in [-0.25, -0.2) is 4.79 Å². The Hall–Kier alpha value is -5.77. The molecule has 1 heterocycles. The first-order valence-electron chi connectivity index (χ1n) is 17.4. The number of rotatable bonds is 16. The zero-order chi connectivity index (χ0) is 36.0. The number of carboxylic acid groups (broad SMARTS) is 1. The molecule has 0 spiro atoms. The second kappa shape index (κ2) is 18.3. The largest absolute Gasteiger partial charge is 0.465 e. The maximum Gasteiger partial charge on any atom is 0.404 e. The molecule has 4 amide bonds. The number of benzene rings is 4. The Bertz CT molecular complexity index is 1740. The number of unbranched alkanes of at least 4 members (excludes halogenated alkanes) is 1. The third-order valence-corrected chi connectivity index (χ3v) is 9.25. The monoisotopic (exact) mass is 688 g/mol. The highest BCUT2D eigenvalue weighted by Gasteiger charge is 2.36. The lowest BCUT2D eigenvalue weighted by Crippen LogP contribution is -2.57. The van der Waals surface area contributed by atoms with E-state index in [1.807, 2.05) is 91.0 Å². The molecule has 5 rings (SSSR count). The minimum atomic E-state index is -1.13. The van der Waals surface area contributed by atoms with Crippen LogP contribution in [0.3, 0.4) is 0 Å². The Morgan fingerprint density at radius 3 is 1.92 bits per heavy atom. The molecule has 1 aliphatic heterocycles. The topological polar surface area (TPSA) is 145 Å². The van der Waals surface area contributed by atoms with Gasteiger partial charge in [-0.05, 0) is 41.5 Å². The molecule has 0 aromatic heterocycles. The Morgan fingerprint density at radius 2 is 1.29 bits per heavy atom. The molecule has 0 saturated carbocycles. The van der Waals surface area contributed by atoms with Gasteiger partial charge in [0.25, 0.3) is 0 Å². The molecule has 4 aromatic rings. The predicted molar refractivity (Wildman–Crippen MR) is 194 cm³/mol. The lowest BCUT2D eigenvalue weighted by Gasteiger charge is -2.37. The van der Waals surface area contributed by atoms with Gasteiger partial charge in [0.15, 0.2) is 5.78 Å². The van der Waals surface area contributed by atoms with Crippen LogP contribution in [0.4, 0.5) is 4.79 Å². The van der Waals surface area contributed by atoms with E-state index < -0.39 is 24.1 Å². The van der Waals surface area contributed by atoms with Crippen LogP contribution >= 0.6 is 0 Å². The van der Waals surface area contributed by atoms with Crippen molar-refractivity contribution in [2.24, 2.45) is 0 Å². The van der Waals surface area contributed by atoms with E-state index in [0.29, 0.717) is 18.4 Å². The molecule has 4 N–H and O–H groups in total. The lowest BCUT2D eigenvalue weighted by molar-refractivity contribution is -0.142. The molecule has 0 saturated heterocycles. The van der Waals surface area contributed by atoms with Crippen LogP contribution in [0, 0.1) is 0 Å². The summed E-state index contributed by atoms with van der Waals surface area (Å²) in [5, 5.41) is 17.3. The number of hydrogen-bond donors (Lipinski definition) is 4. The number of nitrogens with zero attached hydrogens (tertiary/aromatic N) is 1. The van der Waals surface area contributed by atoms with E-state index >= 15 is 0 Å². The zero-order valence-corrected chi connectivity index (χ0v) is 28.5. The van der Waals surface area contributed by atoms with E-state index in [-0.39, 0.29) is 68.8 Å². The Morgan fingerprint density at radius 1 is 0.706 bits per heavy atom. The van der Waals surface area contributed by atoms with Gasteiger partial charge in [0, 0.05) is 50.4 Å². The second-order valence-corrected chi connectivity index (χ2v) is 12.7. The van der Waals surface area contributed by atoms with Crippen LogP contribution < -0.4 is 16.0 Å². The van der Waals surface area contributed by atoms with Crippen LogP contribution in [0.1, 0.15) is 70.6 Å². The molecule has 10 heteroatoms. The molecule has 0 radical (unpaired) electrons. The van der Waals surface area contributed by atoms with E-state index in [2.05, 4.69) is 16.0 Å². The number of nitrogens with one attached hydrogen (secondary N) is 3. The smallest absolute Gasteiger partial charge is 0.404 e. The molecule has 0 fully saturated rings. The molecule has 0 unspecified atom stereocenters. The SMILES string of the molecule is O=C(O)NCCCC[C@H](NC(=O)[C@@H]1Cc2ccccc2CN1C(=O)CCC(=O)c1ccccc1)C(=O)NCC(c1ccccc1)c1ccccc1. The van der Waals surface area contributed by atoms with Gasteiger partial charge >= 0.3 is 6.09 Å². The molecular formula is C41H44N4O6. The van der Waals surface area contributed by atoms with Crippen molar-refractivity contribution in [1.82, 2.24) is 20.9 Å². The summed E-state index contributed by atoms with van der Waals surface area (Å²) < 4.78 is 0. The summed E-state index contributed by atoms with van der Waals surface area (Å²) in [5.74, 6) is -1.43. The molecule has 264 valence electrons. The second-order valence-electron chi connectivity index (χ2n) is 12.7. The summed E-state index contributed by atoms with van der Waals surface area (Å²) in [6.07, 6.45) is 0.300. The fraction of sp³-hybridized carbons (Fsp3) is 0.293. The molecule has 0 aliphatic carbocycles. The summed E-state index contributed by atoms with van der Waals surface area (Å²) in [7, 11) is 0. The van der Waals surface area contributed by atoms with Gasteiger partial charge in [-0.15, -0.1) is 0 Å². The van der Waals surface area contributed by atoms with Gasteiger partial charge in [0.05, 0.1) is 0 Å². The third kappa shape index (κ3) is 10.4. The van der Waals surface area contributed by atoms with Gasteiger partial charge < -0.3 is 26.0 Å². The molecule has 1 aliphatic rings. The zero-order valence-electron chi connectivity index (χ0n) is 28.5. The fourth-order valence-electron chi connectivity index (χ4n) is 6.48. The van der Waals surface area contributed by atoms with Crippen molar-refractivity contribution in [2.45, 2.75) is 63.1 Å². The van der Waals surface area contributed by atoms with Crippen molar-refractivity contribution in [3.05, 3.63) is 143 Å². The molecule has 10 nitrogen and oxygen atoms in total. The number of Topliss-reactive ketones (excluding diaryl/α,β-unsaturated/α-hetero) is 1. The Kier molecular flexibility index (Phi) is 13.1. The quantitative estimate of drug-likeness (QED) is 0.0908. The predicted octanol–water partition coefficient (Wildman–Crippen LogP) is 5.47. The first-order valence-corrected chi connectivity index (χ1v) is 17.4. The number of fused-ring (bicyclic) bond motifs is 1. The van der Waals surface area contributed by atoms with Crippen LogP contribution in [-0.2, 0) is 27.3 Å². The third-order valence-electron chi connectivity index (χ3n) is 9.25. The van der Waals surface area contributed by atoms with E-state index in [9.17, 15) is 24.0 Å². The number of ketones is 1. The van der Waals surface area contributed by atoms with Crippen molar-refractivity contribution in [3.63, 3.8) is 0 Å². The Balaban J connectivity index is 1.31. The maximum atomic E-state index is 14.1. The highest BCUT2D eigenvalue weighted by atomic mass is 16.4. The van der Waals surface area contributed by atoms with E-state index in [1.54, 1.807) is 24.3 Å². The summed E-state index contributed by atoms with van der Waals surface area (Å²) in [6.45, 7) is 0.710. The first kappa shape index (κ1) is 36.5. The lowest BCUT2D eigenvalue weighted by atomic mass is 9.91. The summed E-state index contributed by atoms with van der Waals surface area (Å²) in [4.78, 5) is 67.0. The van der Waals surface area contributed by atoms with E-state index in [4.69, 9.17) is 5.11 Å². The number of carbonyl (C=O) groups excluding carboxylic acids is 4. The number of carbonyl (C=O) groups is 5. The highest BCUT2D eigenvalue weighted by molar-refractivity contribution is 5.98. The van der Waals surface area contributed by atoms with E-state index in [1.165, 1.54) is 4.90 Å². The highest BCUT2D eigenvalue weighted by Crippen LogP contribution is 2.26. The molecule has 4 aromatic carbocycles. The van der Waals surface area contributed by atoms with Crippen LogP contribution in [0.15, 0.2) is 115 Å². The molecule has 2 atom stereocenters. The van der Waals surface area contributed by atoms with Gasteiger partial charge in [0.1, 0.15) is 12.1 Å². The average molecular weight is 689 g/mol. The standard InChI is InChI=1S/C41H44N4O6/c46-37(31-18-8-3-9-19-31)23-24-38(47)45-28-33-21-11-10-20-32(33)26-36(45)40(49)44-35(22-12-13-25-42-41(50)51)39(48)43-27-34(29-14-4-1-5-15-29)30-16-6-2-7-17-30/h1-11,14-21,34-36,42H,12-13,22-28H2,(H,43,48)(H,44,49)(H,50,51)/t35-,36-/m0/s1. The van der Waals surface area contributed by atoms with Crippen LogP contribution in [0.25, 0.3) is 0 Å². The van der Waals surface area contributed by atoms with Crippen LogP contribution in [-0.4, -0.2) is 64.8 Å². The van der Waals surface area contributed by atoms with Crippen molar-refractivity contribution in [1.29, 1.82) is 0 Å². The van der Waals surface area contributed by atoms with Crippen molar-refractivity contribution >= 4 is 29.6 Å². The fourth-order valence-corrected chi connectivity index (χ4v) is 6.48. The number of hydrogen-bond acceptors (Lipinski definition) is 5. The van der Waals surface area contributed by atoms with Crippen molar-refractivity contribution < 1.29 is 29.1 Å². The summed E-state index contributed by atoms with van der Waals surface area (Å²) >= 11 is 0. The molecular weight excluding hydrogens is 644 g/mol. The molecule has 0 bridgehead atoms. The summed E-state index contributed by atoms with van der Waals surface area (Å²) in [6, 6.07) is 34.4. The van der Waals surface area contributed by atoms with Crippen LogP contribution in [0.2, 0.25) is 0 Å². The number of amides is 4. The van der Waals surface area contributed by atoms with Crippen molar-refractivity contribution in [3.8, 4) is 0 Å². The summed E-state index contributed by atoms with van der Waals surface area (Å²) in [5.41, 5.74) is 4.46. The maximum absolute atomic E-state index is 14.1. The Labute approximate surface area is 298 Å². The first-order chi connectivity index (χ1) is 24.8. The molecule has 51 heavy (non-hydrogen) atoms.